The van der Waals surface area contributed by atoms with Gasteiger partial charge in [0.05, 0.1) is 12.6 Å². The van der Waals surface area contributed by atoms with Crippen LogP contribution in [0.3, 0.4) is 0 Å². The van der Waals surface area contributed by atoms with E-state index in [4.69, 9.17) is 4.74 Å². The highest BCUT2D eigenvalue weighted by Crippen LogP contribution is 2.33. The Kier molecular flexibility index (Phi) is 4.51. The Hall–Kier alpha value is -2.49. The number of fused-ring (bicyclic) bond motifs is 1. The molecule has 3 nitrogen and oxygen atoms in total. The summed E-state index contributed by atoms with van der Waals surface area (Å²) in [5.41, 5.74) is 2.81. The highest BCUT2D eigenvalue weighted by molar-refractivity contribution is 5.90. The summed E-state index contributed by atoms with van der Waals surface area (Å²) in [5.74, 6) is 0.522. The van der Waals surface area contributed by atoms with Gasteiger partial charge in [-0.1, -0.05) is 18.2 Å². The molecule has 2 aromatic carbocycles. The molecule has 0 spiro atoms. The minimum absolute atomic E-state index is 0.204. The number of benzene rings is 2. The van der Waals surface area contributed by atoms with Crippen LogP contribution < -0.4 is 10.1 Å². The molecule has 120 valence electrons. The molecule has 1 aromatic heterocycles. The summed E-state index contributed by atoms with van der Waals surface area (Å²) in [6.07, 6.45) is 2.83. The normalized spacial score (nSPS) is 10.9. The standard InChI is InChI=1S/C19H21FN2O/c1-3-22-13-14(11-12-21-15-7-5-4-6-8-15)18-17(23-2)10-9-16(20)19(18)22/h4-10,13,21H,3,11-12H2,1-2H3. The van der Waals surface area contributed by atoms with Crippen LogP contribution in [-0.4, -0.2) is 18.2 Å². The van der Waals surface area contributed by atoms with E-state index in [0.717, 1.165) is 41.9 Å². The number of nitrogens with zero attached hydrogens (tertiary/aromatic N) is 1. The van der Waals surface area contributed by atoms with E-state index in [-0.39, 0.29) is 5.82 Å². The maximum absolute atomic E-state index is 14.3. The van der Waals surface area contributed by atoms with Gasteiger partial charge < -0.3 is 14.6 Å². The molecule has 23 heavy (non-hydrogen) atoms. The van der Waals surface area contributed by atoms with Crippen LogP contribution in [0.15, 0.2) is 48.7 Å². The van der Waals surface area contributed by atoms with E-state index in [2.05, 4.69) is 5.32 Å². The van der Waals surface area contributed by atoms with Crippen molar-refractivity contribution in [3.63, 3.8) is 0 Å². The first-order valence-corrected chi connectivity index (χ1v) is 7.87. The molecule has 0 radical (unpaired) electrons. The zero-order valence-corrected chi connectivity index (χ0v) is 13.5. The SMILES string of the molecule is CCn1cc(CCNc2ccccc2)c2c(OC)ccc(F)c21. The molecule has 0 fully saturated rings. The lowest BCUT2D eigenvalue weighted by Crippen LogP contribution is -2.04. The molecule has 0 aliphatic heterocycles. The van der Waals surface area contributed by atoms with Crippen LogP contribution in [0.25, 0.3) is 10.9 Å². The number of hydrogen-bond acceptors (Lipinski definition) is 2. The number of methoxy groups -OCH3 is 1. The Bertz CT molecular complexity index is 796. The van der Waals surface area contributed by atoms with Crippen LogP contribution in [0.1, 0.15) is 12.5 Å². The van der Waals surface area contributed by atoms with E-state index in [1.165, 1.54) is 6.07 Å². The average Bonchev–Trinajstić information content (AvgIpc) is 2.96. The monoisotopic (exact) mass is 312 g/mol. The Morgan fingerprint density at radius 2 is 1.91 bits per heavy atom. The molecule has 0 saturated carbocycles. The van der Waals surface area contributed by atoms with Crippen molar-refractivity contribution in [1.82, 2.24) is 4.57 Å². The Balaban J connectivity index is 1.89. The summed E-state index contributed by atoms with van der Waals surface area (Å²) in [6.45, 7) is 3.53. The van der Waals surface area contributed by atoms with E-state index in [0.29, 0.717) is 5.52 Å². The van der Waals surface area contributed by atoms with E-state index in [1.54, 1.807) is 13.2 Å². The van der Waals surface area contributed by atoms with Crippen LogP contribution in [0, 0.1) is 5.82 Å². The number of para-hydroxylation sites is 1. The Morgan fingerprint density at radius 1 is 1.13 bits per heavy atom. The smallest absolute Gasteiger partial charge is 0.147 e. The minimum atomic E-state index is -0.204. The number of aromatic nitrogens is 1. The van der Waals surface area contributed by atoms with Gasteiger partial charge in [-0.3, -0.25) is 0 Å². The number of rotatable bonds is 6. The molecule has 3 aromatic rings. The molecule has 0 bridgehead atoms. The highest BCUT2D eigenvalue weighted by atomic mass is 19.1. The first-order valence-electron chi connectivity index (χ1n) is 7.87. The van der Waals surface area contributed by atoms with Crippen molar-refractivity contribution >= 4 is 16.6 Å². The highest BCUT2D eigenvalue weighted by Gasteiger charge is 2.16. The average molecular weight is 312 g/mol. The zero-order valence-electron chi connectivity index (χ0n) is 13.5. The molecule has 4 heteroatoms. The van der Waals surface area contributed by atoms with Crippen molar-refractivity contribution in [3.8, 4) is 5.75 Å². The third kappa shape index (κ3) is 3.02. The van der Waals surface area contributed by atoms with Gasteiger partial charge in [0.25, 0.3) is 0 Å². The molecule has 0 aliphatic carbocycles. The van der Waals surface area contributed by atoms with Crippen molar-refractivity contribution in [2.24, 2.45) is 0 Å². The molecule has 0 aliphatic rings. The molecule has 1 N–H and O–H groups in total. The van der Waals surface area contributed by atoms with E-state index in [9.17, 15) is 4.39 Å². The molecule has 3 rings (SSSR count). The fraction of sp³-hybridized carbons (Fsp3) is 0.263. The maximum atomic E-state index is 14.3. The summed E-state index contributed by atoms with van der Waals surface area (Å²) in [5, 5.41) is 4.27. The Morgan fingerprint density at radius 3 is 2.61 bits per heavy atom. The molecule has 0 atom stereocenters. The number of ether oxygens (including phenoxy) is 1. The van der Waals surface area contributed by atoms with Crippen LogP contribution in [-0.2, 0) is 13.0 Å². The van der Waals surface area contributed by atoms with E-state index >= 15 is 0 Å². The van der Waals surface area contributed by atoms with Crippen molar-refractivity contribution in [1.29, 1.82) is 0 Å². The lowest BCUT2D eigenvalue weighted by Gasteiger charge is -2.08. The summed E-state index contributed by atoms with van der Waals surface area (Å²) >= 11 is 0. The largest absolute Gasteiger partial charge is 0.496 e. The topological polar surface area (TPSA) is 26.2 Å². The summed E-state index contributed by atoms with van der Waals surface area (Å²) in [4.78, 5) is 0. The lowest BCUT2D eigenvalue weighted by atomic mass is 10.1. The van der Waals surface area contributed by atoms with Crippen LogP contribution in [0.5, 0.6) is 5.75 Å². The second kappa shape index (κ2) is 6.73. The van der Waals surface area contributed by atoms with Gasteiger partial charge in [-0.2, -0.15) is 0 Å². The summed E-state index contributed by atoms with van der Waals surface area (Å²) in [7, 11) is 1.63. The Labute approximate surface area is 135 Å². The van der Waals surface area contributed by atoms with Gasteiger partial charge in [-0.25, -0.2) is 4.39 Å². The minimum Gasteiger partial charge on any atom is -0.496 e. The summed E-state index contributed by atoms with van der Waals surface area (Å²) < 4.78 is 21.7. The second-order valence-electron chi connectivity index (χ2n) is 5.46. The van der Waals surface area contributed by atoms with E-state index in [1.807, 2.05) is 48.0 Å². The van der Waals surface area contributed by atoms with Crippen LogP contribution >= 0.6 is 0 Å². The molecular weight excluding hydrogens is 291 g/mol. The first kappa shape index (κ1) is 15.4. The molecule has 0 amide bonds. The van der Waals surface area contributed by atoms with Gasteiger partial charge in [0.1, 0.15) is 11.6 Å². The molecule has 0 unspecified atom stereocenters. The number of nitrogens with one attached hydrogen (secondary N) is 1. The van der Waals surface area contributed by atoms with Crippen molar-refractivity contribution in [3.05, 3.63) is 60.0 Å². The van der Waals surface area contributed by atoms with Gasteiger partial charge in [0.15, 0.2) is 0 Å². The fourth-order valence-electron chi connectivity index (χ4n) is 2.96. The molecule has 0 saturated heterocycles. The molecular formula is C19H21FN2O. The lowest BCUT2D eigenvalue weighted by molar-refractivity contribution is 0.419. The van der Waals surface area contributed by atoms with Crippen molar-refractivity contribution in [2.45, 2.75) is 19.9 Å². The first-order chi connectivity index (χ1) is 11.2. The van der Waals surface area contributed by atoms with Crippen LogP contribution in [0.2, 0.25) is 0 Å². The number of halogens is 1. The summed E-state index contributed by atoms with van der Waals surface area (Å²) in [6, 6.07) is 13.2. The van der Waals surface area contributed by atoms with Crippen molar-refractivity contribution in [2.75, 3.05) is 19.0 Å². The van der Waals surface area contributed by atoms with Gasteiger partial charge in [0.2, 0.25) is 0 Å². The van der Waals surface area contributed by atoms with Gasteiger partial charge in [-0.05, 0) is 43.2 Å². The predicted octanol–water partition coefficient (Wildman–Crippen LogP) is 4.46. The van der Waals surface area contributed by atoms with Gasteiger partial charge in [-0.15, -0.1) is 0 Å². The fourth-order valence-corrected chi connectivity index (χ4v) is 2.96. The van der Waals surface area contributed by atoms with Gasteiger partial charge in [0, 0.05) is 30.4 Å². The quantitative estimate of drug-likeness (QED) is 0.727. The maximum Gasteiger partial charge on any atom is 0.147 e. The van der Waals surface area contributed by atoms with E-state index < -0.39 is 0 Å². The number of anilines is 1. The third-order valence-corrected chi connectivity index (χ3v) is 4.07. The van der Waals surface area contributed by atoms with Crippen molar-refractivity contribution < 1.29 is 9.13 Å². The molecule has 1 heterocycles. The number of hydrogen-bond donors (Lipinski definition) is 1. The third-order valence-electron chi connectivity index (χ3n) is 4.07. The van der Waals surface area contributed by atoms with Crippen LogP contribution in [0.4, 0.5) is 10.1 Å². The van der Waals surface area contributed by atoms with Gasteiger partial charge >= 0.3 is 0 Å². The second-order valence-corrected chi connectivity index (χ2v) is 5.46. The number of aryl methyl sites for hydroxylation is 1. The predicted molar refractivity (Wildman–Crippen MR) is 92.8 cm³/mol. The zero-order chi connectivity index (χ0) is 16.2.